The summed E-state index contributed by atoms with van der Waals surface area (Å²) in [5.41, 5.74) is -0.111. The van der Waals surface area contributed by atoms with E-state index in [4.69, 9.17) is 14.9 Å². The molecule has 1 unspecified atom stereocenters. The van der Waals surface area contributed by atoms with E-state index in [0.29, 0.717) is 6.61 Å². The van der Waals surface area contributed by atoms with E-state index >= 15 is 0 Å². The van der Waals surface area contributed by atoms with E-state index in [-0.39, 0.29) is 18.3 Å². The first-order chi connectivity index (χ1) is 6.64. The zero-order valence-electron chi connectivity index (χ0n) is 9.32. The first kappa shape index (κ1) is 13.8. The van der Waals surface area contributed by atoms with E-state index in [2.05, 4.69) is 4.74 Å². The number of hydrogen-bond donors (Lipinski definition) is 2. The van der Waals surface area contributed by atoms with Crippen molar-refractivity contribution in [1.82, 2.24) is 0 Å². The van der Waals surface area contributed by atoms with Gasteiger partial charge in [-0.1, -0.05) is 6.92 Å². The Morgan fingerprint density at radius 3 is 2.00 bits per heavy atom. The predicted octanol–water partition coefficient (Wildman–Crippen LogP) is 0.561. The first-order valence-corrected chi connectivity index (χ1v) is 4.97. The molecular weight excluding hydrogens is 184 g/mol. The van der Waals surface area contributed by atoms with E-state index in [1.807, 2.05) is 6.92 Å². The summed E-state index contributed by atoms with van der Waals surface area (Å²) in [6, 6.07) is 0. The average Bonchev–Trinajstić information content (AvgIpc) is 2.99. The number of aliphatic hydroxyl groups excluding tert-OH is 2. The quantitative estimate of drug-likeness (QED) is 0.690. The van der Waals surface area contributed by atoms with Gasteiger partial charge in [0, 0.05) is 14.2 Å². The molecule has 0 aromatic rings. The maximum atomic E-state index is 8.73. The van der Waals surface area contributed by atoms with Gasteiger partial charge < -0.3 is 19.7 Å². The molecule has 0 spiro atoms. The second kappa shape index (κ2) is 7.17. The van der Waals surface area contributed by atoms with Crippen molar-refractivity contribution in [2.75, 3.05) is 27.4 Å². The van der Waals surface area contributed by atoms with E-state index < -0.39 is 0 Å². The van der Waals surface area contributed by atoms with Crippen LogP contribution in [-0.4, -0.2) is 49.4 Å². The number of hydrogen-bond acceptors (Lipinski definition) is 4. The van der Waals surface area contributed by atoms with Gasteiger partial charge in [0.25, 0.3) is 0 Å². The molecule has 4 nitrogen and oxygen atoms in total. The Balaban J connectivity index is 0.000000241. The molecule has 0 heterocycles. The smallest absolute Gasteiger partial charge is 0.0910 e. The zero-order chi connectivity index (χ0) is 11.0. The Labute approximate surface area is 85.8 Å². The van der Waals surface area contributed by atoms with Crippen LogP contribution >= 0.6 is 0 Å². The topological polar surface area (TPSA) is 58.9 Å². The summed E-state index contributed by atoms with van der Waals surface area (Å²) < 4.78 is 9.59. The molecule has 0 aromatic heterocycles. The molecular formula is C10H22O4. The Morgan fingerprint density at radius 1 is 1.36 bits per heavy atom. The number of methoxy groups -OCH3 is 2. The normalized spacial score (nSPS) is 19.5. The molecule has 0 aromatic carbocycles. The van der Waals surface area contributed by atoms with Gasteiger partial charge in [0.1, 0.15) is 0 Å². The van der Waals surface area contributed by atoms with Gasteiger partial charge in [-0.25, -0.2) is 0 Å². The molecule has 1 atom stereocenters. The lowest BCUT2D eigenvalue weighted by Gasteiger charge is -2.05. The van der Waals surface area contributed by atoms with Gasteiger partial charge in [-0.15, -0.1) is 0 Å². The first-order valence-electron chi connectivity index (χ1n) is 4.97. The highest BCUT2D eigenvalue weighted by Crippen LogP contribution is 2.37. The van der Waals surface area contributed by atoms with Crippen LogP contribution in [0.1, 0.15) is 26.2 Å². The van der Waals surface area contributed by atoms with Gasteiger partial charge in [-0.2, -0.15) is 0 Å². The second-order valence-electron chi connectivity index (χ2n) is 3.56. The molecule has 0 radical (unpaired) electrons. The van der Waals surface area contributed by atoms with Gasteiger partial charge in [0.05, 0.1) is 24.9 Å². The van der Waals surface area contributed by atoms with Crippen molar-refractivity contribution in [3.05, 3.63) is 0 Å². The zero-order valence-corrected chi connectivity index (χ0v) is 9.32. The fourth-order valence-corrected chi connectivity index (χ4v) is 0.876. The van der Waals surface area contributed by atoms with Crippen LogP contribution in [0.2, 0.25) is 0 Å². The fourth-order valence-electron chi connectivity index (χ4n) is 0.876. The van der Waals surface area contributed by atoms with Gasteiger partial charge in [0.2, 0.25) is 0 Å². The van der Waals surface area contributed by atoms with Crippen LogP contribution in [0.5, 0.6) is 0 Å². The third-order valence-corrected chi connectivity index (χ3v) is 2.36. The predicted molar refractivity (Wildman–Crippen MR) is 54.2 cm³/mol. The number of aliphatic hydroxyl groups is 2. The molecule has 86 valence electrons. The highest BCUT2D eigenvalue weighted by atomic mass is 16.5. The summed E-state index contributed by atoms with van der Waals surface area (Å²) in [5.74, 6) is 0. The van der Waals surface area contributed by atoms with E-state index in [9.17, 15) is 0 Å². The third kappa shape index (κ3) is 5.54. The fraction of sp³-hybridized carbons (Fsp3) is 1.00. The minimum atomic E-state index is -0.273. The van der Waals surface area contributed by atoms with Gasteiger partial charge in [-0.3, -0.25) is 0 Å². The van der Waals surface area contributed by atoms with Crippen molar-refractivity contribution < 1.29 is 19.7 Å². The SMILES string of the molecule is CCC(O)COC.COC1(CO)CC1. The summed E-state index contributed by atoms with van der Waals surface area (Å²) in [6.07, 6.45) is 2.55. The van der Waals surface area contributed by atoms with Crippen LogP contribution in [0.3, 0.4) is 0 Å². The third-order valence-electron chi connectivity index (χ3n) is 2.36. The average molecular weight is 206 g/mol. The van der Waals surface area contributed by atoms with Crippen molar-refractivity contribution in [3.63, 3.8) is 0 Å². The van der Waals surface area contributed by atoms with Gasteiger partial charge in [-0.05, 0) is 19.3 Å². The summed E-state index contributed by atoms with van der Waals surface area (Å²) in [4.78, 5) is 0. The van der Waals surface area contributed by atoms with Crippen LogP contribution in [0.15, 0.2) is 0 Å². The lowest BCUT2D eigenvalue weighted by Crippen LogP contribution is -2.15. The largest absolute Gasteiger partial charge is 0.393 e. The highest BCUT2D eigenvalue weighted by Gasteiger charge is 2.42. The Morgan fingerprint density at radius 2 is 1.93 bits per heavy atom. The monoisotopic (exact) mass is 206 g/mol. The Kier molecular flexibility index (Phi) is 7.09. The van der Waals surface area contributed by atoms with Crippen molar-refractivity contribution in [1.29, 1.82) is 0 Å². The molecule has 1 aliphatic rings. The molecule has 1 fully saturated rings. The molecule has 1 saturated carbocycles. The van der Waals surface area contributed by atoms with E-state index in [0.717, 1.165) is 19.3 Å². The minimum Gasteiger partial charge on any atom is -0.393 e. The Bertz CT molecular complexity index is 128. The van der Waals surface area contributed by atoms with E-state index in [1.165, 1.54) is 0 Å². The number of ether oxygens (including phenoxy) is 2. The lowest BCUT2D eigenvalue weighted by atomic mass is 10.3. The highest BCUT2D eigenvalue weighted by molar-refractivity contribution is 4.94. The lowest BCUT2D eigenvalue weighted by molar-refractivity contribution is 0.0281. The van der Waals surface area contributed by atoms with Gasteiger partial charge >= 0.3 is 0 Å². The number of rotatable bonds is 5. The molecule has 2 N–H and O–H groups in total. The molecule has 4 heteroatoms. The maximum absolute atomic E-state index is 8.73. The molecule has 1 rings (SSSR count). The molecule has 0 bridgehead atoms. The summed E-state index contributed by atoms with van der Waals surface area (Å²) in [5, 5.41) is 17.3. The van der Waals surface area contributed by atoms with Crippen LogP contribution in [0.4, 0.5) is 0 Å². The second-order valence-corrected chi connectivity index (χ2v) is 3.56. The molecule has 1 aliphatic carbocycles. The summed E-state index contributed by atoms with van der Waals surface area (Å²) in [6.45, 7) is 2.56. The van der Waals surface area contributed by atoms with Crippen LogP contribution in [0.25, 0.3) is 0 Å². The molecule has 14 heavy (non-hydrogen) atoms. The van der Waals surface area contributed by atoms with Crippen molar-refractivity contribution in [2.45, 2.75) is 37.9 Å². The maximum Gasteiger partial charge on any atom is 0.0910 e. The van der Waals surface area contributed by atoms with E-state index in [1.54, 1.807) is 14.2 Å². The van der Waals surface area contributed by atoms with Crippen molar-refractivity contribution >= 4 is 0 Å². The molecule has 0 saturated heterocycles. The van der Waals surface area contributed by atoms with Crippen LogP contribution < -0.4 is 0 Å². The molecule has 0 amide bonds. The Hall–Kier alpha value is -0.160. The summed E-state index contributed by atoms with van der Waals surface area (Å²) >= 11 is 0. The van der Waals surface area contributed by atoms with Crippen LogP contribution in [0, 0.1) is 0 Å². The standard InChI is InChI=1S/C5H10O2.C5H12O2/c1-7-5(4-6)2-3-5;1-3-5(6)4-7-2/h6H,2-4H2,1H3;5-6H,3-4H2,1-2H3. The molecule has 0 aliphatic heterocycles. The van der Waals surface area contributed by atoms with Crippen molar-refractivity contribution in [2.24, 2.45) is 0 Å². The summed E-state index contributed by atoms with van der Waals surface area (Å²) in [7, 11) is 3.22. The van der Waals surface area contributed by atoms with Crippen LogP contribution in [-0.2, 0) is 9.47 Å². The minimum absolute atomic E-state index is 0.111. The van der Waals surface area contributed by atoms with Crippen molar-refractivity contribution in [3.8, 4) is 0 Å². The van der Waals surface area contributed by atoms with Gasteiger partial charge in [0.15, 0.2) is 0 Å².